The molecule has 35 heavy (non-hydrogen) atoms. The van der Waals surface area contributed by atoms with Gasteiger partial charge in [0.1, 0.15) is 6.04 Å². The number of nitrogens with one attached hydrogen (secondary N) is 1. The number of rotatable bonds is 16. The smallest absolute Gasteiger partial charge is 0.335 e. The van der Waals surface area contributed by atoms with Crippen LogP contribution in [0.1, 0.15) is 105 Å². The number of piperazine rings is 1. The van der Waals surface area contributed by atoms with Crippen LogP contribution in [-0.4, -0.2) is 72.0 Å². The highest BCUT2D eigenvalue weighted by molar-refractivity contribution is 5.96. The van der Waals surface area contributed by atoms with E-state index in [0.29, 0.717) is 31.7 Å². The van der Waals surface area contributed by atoms with Gasteiger partial charge in [0.2, 0.25) is 5.91 Å². The summed E-state index contributed by atoms with van der Waals surface area (Å²) in [4.78, 5) is 40.4. The zero-order valence-corrected chi connectivity index (χ0v) is 21.8. The second-order valence-electron chi connectivity index (χ2n) is 9.81. The van der Waals surface area contributed by atoms with E-state index in [1.165, 1.54) is 88.5 Å². The summed E-state index contributed by atoms with van der Waals surface area (Å²) < 4.78 is 0. The molecule has 0 aromatic heterocycles. The summed E-state index contributed by atoms with van der Waals surface area (Å²) in [6.45, 7) is 4.42. The van der Waals surface area contributed by atoms with Crippen LogP contribution in [-0.2, 0) is 4.79 Å². The average molecular weight is 488 g/mol. The monoisotopic (exact) mass is 487 g/mol. The van der Waals surface area contributed by atoms with E-state index in [2.05, 4.69) is 12.2 Å². The van der Waals surface area contributed by atoms with E-state index in [9.17, 15) is 14.4 Å². The summed E-state index contributed by atoms with van der Waals surface area (Å²) in [5, 5.41) is 12.1. The van der Waals surface area contributed by atoms with Crippen LogP contribution in [0.2, 0.25) is 0 Å². The normalized spacial score (nSPS) is 16.3. The van der Waals surface area contributed by atoms with Gasteiger partial charge in [-0.3, -0.25) is 14.5 Å². The Bertz CT molecular complexity index is 781. The molecule has 2 rings (SSSR count). The summed E-state index contributed by atoms with van der Waals surface area (Å²) in [5.74, 6) is -1.23. The number of hydrogen-bond acceptors (Lipinski definition) is 4. The maximum atomic E-state index is 12.9. The van der Waals surface area contributed by atoms with Crippen molar-refractivity contribution >= 4 is 17.8 Å². The maximum absolute atomic E-state index is 12.9. The van der Waals surface area contributed by atoms with E-state index < -0.39 is 5.97 Å². The van der Waals surface area contributed by atoms with Crippen molar-refractivity contribution in [2.24, 2.45) is 0 Å². The Balaban J connectivity index is 1.62. The lowest BCUT2D eigenvalue weighted by molar-refractivity contribution is -0.127. The Morgan fingerprint density at radius 1 is 0.829 bits per heavy atom. The molecule has 0 radical (unpaired) electrons. The molecule has 1 saturated heterocycles. The number of likely N-dealkylation sites (N-methyl/N-ethyl adjacent to an activating group) is 1. The molecule has 1 atom stereocenters. The zero-order valence-electron chi connectivity index (χ0n) is 21.8. The highest BCUT2D eigenvalue weighted by Gasteiger charge is 2.32. The van der Waals surface area contributed by atoms with Gasteiger partial charge in [-0.1, -0.05) is 77.6 Å². The first-order valence-corrected chi connectivity index (χ1v) is 13.5. The van der Waals surface area contributed by atoms with Crippen LogP contribution in [0.25, 0.3) is 0 Å². The lowest BCUT2D eigenvalue weighted by atomic mass is 10.1. The number of carbonyl (C=O) groups excluding carboxylic acids is 2. The molecule has 1 aliphatic rings. The number of carboxylic acid groups (broad SMARTS) is 1. The minimum Gasteiger partial charge on any atom is -0.478 e. The van der Waals surface area contributed by atoms with Gasteiger partial charge in [-0.05, 0) is 37.7 Å². The quantitative estimate of drug-likeness (QED) is 0.322. The van der Waals surface area contributed by atoms with Crippen LogP contribution in [0.5, 0.6) is 0 Å². The van der Waals surface area contributed by atoms with Gasteiger partial charge in [0.05, 0.1) is 5.56 Å². The molecule has 1 aliphatic heterocycles. The minimum absolute atomic E-state index is 0.0331. The highest BCUT2D eigenvalue weighted by Crippen LogP contribution is 2.14. The molecule has 1 unspecified atom stereocenters. The number of unbranched alkanes of at least 4 members (excludes halogenated alkanes) is 11. The molecule has 0 saturated carbocycles. The average Bonchev–Trinajstić information content (AvgIpc) is 2.86. The fourth-order valence-corrected chi connectivity index (χ4v) is 4.57. The largest absolute Gasteiger partial charge is 0.478 e. The lowest BCUT2D eigenvalue weighted by Gasteiger charge is -2.38. The molecule has 1 aromatic rings. The first-order chi connectivity index (χ1) is 16.9. The molecule has 0 spiro atoms. The van der Waals surface area contributed by atoms with Crippen molar-refractivity contribution in [3.63, 3.8) is 0 Å². The number of benzene rings is 1. The standard InChI is InChI=1S/C28H45N3O4/c1-3-4-5-6-7-8-9-10-11-12-13-14-19-29-26(32)25-22-31(21-20-30(25)2)27(33)23-15-17-24(18-16-23)28(34)35/h15-18,25H,3-14,19-22H2,1-2H3,(H,29,32)(H,34,35). The third-order valence-corrected chi connectivity index (χ3v) is 6.95. The molecule has 1 fully saturated rings. The first kappa shape index (κ1) is 28.8. The molecular formula is C28H45N3O4. The van der Waals surface area contributed by atoms with Gasteiger partial charge < -0.3 is 15.3 Å². The van der Waals surface area contributed by atoms with E-state index in [0.717, 1.165) is 12.8 Å². The predicted octanol–water partition coefficient (Wildman–Crippen LogP) is 4.96. The van der Waals surface area contributed by atoms with E-state index in [-0.39, 0.29) is 23.4 Å². The van der Waals surface area contributed by atoms with Crippen LogP contribution in [0.4, 0.5) is 0 Å². The van der Waals surface area contributed by atoms with Gasteiger partial charge in [-0.15, -0.1) is 0 Å². The molecule has 2 amide bonds. The fraction of sp³-hybridized carbons (Fsp3) is 0.679. The van der Waals surface area contributed by atoms with Crippen molar-refractivity contribution < 1.29 is 19.5 Å². The highest BCUT2D eigenvalue weighted by atomic mass is 16.4. The molecule has 196 valence electrons. The SMILES string of the molecule is CCCCCCCCCCCCCCNC(=O)C1CN(C(=O)c2ccc(C(=O)O)cc2)CCN1C. The van der Waals surface area contributed by atoms with Crippen molar-refractivity contribution in [1.82, 2.24) is 15.1 Å². The van der Waals surface area contributed by atoms with Crippen molar-refractivity contribution in [3.8, 4) is 0 Å². The number of carbonyl (C=O) groups is 3. The molecular weight excluding hydrogens is 442 g/mol. The van der Waals surface area contributed by atoms with Crippen LogP contribution in [0.3, 0.4) is 0 Å². The van der Waals surface area contributed by atoms with Crippen molar-refractivity contribution in [2.75, 3.05) is 33.2 Å². The van der Waals surface area contributed by atoms with E-state index in [4.69, 9.17) is 5.11 Å². The summed E-state index contributed by atoms with van der Waals surface area (Å²) in [5.41, 5.74) is 0.588. The number of nitrogens with zero attached hydrogens (tertiary/aromatic N) is 2. The van der Waals surface area contributed by atoms with Gasteiger partial charge in [0, 0.05) is 31.7 Å². The molecule has 0 bridgehead atoms. The Kier molecular flexibility index (Phi) is 13.4. The Morgan fingerprint density at radius 2 is 1.34 bits per heavy atom. The topological polar surface area (TPSA) is 90.0 Å². The van der Waals surface area contributed by atoms with Gasteiger partial charge in [-0.2, -0.15) is 0 Å². The van der Waals surface area contributed by atoms with Gasteiger partial charge in [0.25, 0.3) is 5.91 Å². The third kappa shape index (κ3) is 10.4. The number of amides is 2. The van der Waals surface area contributed by atoms with Crippen molar-refractivity contribution in [2.45, 2.75) is 90.0 Å². The zero-order chi connectivity index (χ0) is 25.5. The van der Waals surface area contributed by atoms with Gasteiger partial charge >= 0.3 is 5.97 Å². The summed E-state index contributed by atoms with van der Waals surface area (Å²) in [7, 11) is 1.91. The minimum atomic E-state index is -1.02. The van der Waals surface area contributed by atoms with Crippen LogP contribution >= 0.6 is 0 Å². The van der Waals surface area contributed by atoms with E-state index in [1.54, 1.807) is 4.90 Å². The second-order valence-corrected chi connectivity index (χ2v) is 9.81. The molecule has 1 aromatic carbocycles. The van der Waals surface area contributed by atoms with Crippen LogP contribution in [0, 0.1) is 0 Å². The fourth-order valence-electron chi connectivity index (χ4n) is 4.57. The molecule has 1 heterocycles. The summed E-state index contributed by atoms with van der Waals surface area (Å²) in [6, 6.07) is 5.57. The molecule has 2 N–H and O–H groups in total. The lowest BCUT2D eigenvalue weighted by Crippen LogP contribution is -2.58. The number of hydrogen-bond donors (Lipinski definition) is 2. The first-order valence-electron chi connectivity index (χ1n) is 13.5. The number of carboxylic acids is 1. The van der Waals surface area contributed by atoms with Crippen LogP contribution in [0.15, 0.2) is 24.3 Å². The Morgan fingerprint density at radius 3 is 1.89 bits per heavy atom. The predicted molar refractivity (Wildman–Crippen MR) is 140 cm³/mol. The molecule has 7 nitrogen and oxygen atoms in total. The second kappa shape index (κ2) is 16.3. The van der Waals surface area contributed by atoms with Gasteiger partial charge in [-0.25, -0.2) is 4.79 Å². The Hall–Kier alpha value is -2.41. The number of aromatic carboxylic acids is 1. The van der Waals surface area contributed by atoms with Gasteiger partial charge in [0.15, 0.2) is 0 Å². The molecule has 0 aliphatic carbocycles. The summed E-state index contributed by atoms with van der Waals surface area (Å²) >= 11 is 0. The molecule has 7 heteroatoms. The summed E-state index contributed by atoms with van der Waals surface area (Å²) in [6.07, 6.45) is 15.5. The van der Waals surface area contributed by atoms with Crippen LogP contribution < -0.4 is 5.32 Å². The van der Waals surface area contributed by atoms with Crippen molar-refractivity contribution in [1.29, 1.82) is 0 Å². The maximum Gasteiger partial charge on any atom is 0.335 e. The third-order valence-electron chi connectivity index (χ3n) is 6.95. The Labute approximate surface area is 211 Å². The van der Waals surface area contributed by atoms with E-state index >= 15 is 0 Å². The van der Waals surface area contributed by atoms with E-state index in [1.807, 2.05) is 11.9 Å². The van der Waals surface area contributed by atoms with Crippen molar-refractivity contribution in [3.05, 3.63) is 35.4 Å².